The van der Waals surface area contributed by atoms with E-state index < -0.39 is 0 Å². The van der Waals surface area contributed by atoms with Crippen LogP contribution in [0.25, 0.3) is 0 Å². The van der Waals surface area contributed by atoms with Crippen LogP contribution in [0.2, 0.25) is 15.1 Å². The second kappa shape index (κ2) is 10.6. The number of hydrogen-bond acceptors (Lipinski definition) is 3. The molecule has 2 aromatic rings. The van der Waals surface area contributed by atoms with Crippen LogP contribution in [0.15, 0.2) is 36.4 Å². The van der Waals surface area contributed by atoms with Crippen molar-refractivity contribution in [1.29, 1.82) is 0 Å². The van der Waals surface area contributed by atoms with Crippen molar-refractivity contribution in [2.75, 3.05) is 39.3 Å². The van der Waals surface area contributed by atoms with Gasteiger partial charge < -0.3 is 10.2 Å². The lowest BCUT2D eigenvalue weighted by Crippen LogP contribution is -2.46. The minimum atomic E-state index is -0.252. The van der Waals surface area contributed by atoms with Crippen LogP contribution in [0, 0.1) is 5.82 Å². The van der Waals surface area contributed by atoms with Crippen LogP contribution < -0.4 is 5.32 Å². The van der Waals surface area contributed by atoms with Gasteiger partial charge in [-0.1, -0.05) is 40.9 Å². The number of rotatable bonds is 7. The van der Waals surface area contributed by atoms with E-state index in [1.807, 2.05) is 0 Å². The second-order valence-electron chi connectivity index (χ2n) is 7.06. The average Bonchev–Trinajstić information content (AvgIpc) is 2.71. The van der Waals surface area contributed by atoms with E-state index in [0.29, 0.717) is 39.3 Å². The van der Waals surface area contributed by atoms with Crippen molar-refractivity contribution in [3.63, 3.8) is 0 Å². The molecule has 8 heteroatoms. The summed E-state index contributed by atoms with van der Waals surface area (Å²) in [6, 6.07) is 9.64. The van der Waals surface area contributed by atoms with Crippen LogP contribution in [-0.2, 0) is 6.54 Å². The summed E-state index contributed by atoms with van der Waals surface area (Å²) in [5.41, 5.74) is 1.06. The van der Waals surface area contributed by atoms with Crippen LogP contribution in [0.4, 0.5) is 4.39 Å². The Morgan fingerprint density at radius 2 is 1.69 bits per heavy atom. The highest BCUT2D eigenvalue weighted by Gasteiger charge is 2.19. The largest absolute Gasteiger partial charge is 0.352 e. The molecule has 0 aromatic heterocycles. The molecule has 0 unspecified atom stereocenters. The van der Waals surface area contributed by atoms with E-state index in [9.17, 15) is 9.18 Å². The molecule has 1 saturated heterocycles. The number of nitrogens with one attached hydrogen (secondary N) is 1. The monoisotopic (exact) mass is 457 g/mol. The molecule has 1 heterocycles. The van der Waals surface area contributed by atoms with Crippen LogP contribution in [-0.4, -0.2) is 55.0 Å². The summed E-state index contributed by atoms with van der Waals surface area (Å²) in [6.07, 6.45) is 0.853. The van der Waals surface area contributed by atoms with Crippen LogP contribution in [0.1, 0.15) is 22.3 Å². The highest BCUT2D eigenvalue weighted by molar-refractivity contribution is 6.42. The first-order valence-corrected chi connectivity index (χ1v) is 10.7. The average molecular weight is 459 g/mol. The van der Waals surface area contributed by atoms with Gasteiger partial charge >= 0.3 is 0 Å². The molecular formula is C21H23Cl3FN3O. The van der Waals surface area contributed by atoms with E-state index in [1.54, 1.807) is 30.3 Å². The summed E-state index contributed by atoms with van der Waals surface area (Å²) < 4.78 is 13.9. The van der Waals surface area contributed by atoms with Gasteiger partial charge in [-0.3, -0.25) is 9.69 Å². The molecule has 3 rings (SSSR count). The molecule has 0 saturated carbocycles. The number of halogens is 4. The van der Waals surface area contributed by atoms with Crippen molar-refractivity contribution >= 4 is 40.7 Å². The molecular weight excluding hydrogens is 436 g/mol. The van der Waals surface area contributed by atoms with Gasteiger partial charge in [-0.15, -0.1) is 0 Å². The Bertz CT molecular complexity index is 837. The highest BCUT2D eigenvalue weighted by Crippen LogP contribution is 2.23. The molecule has 1 fully saturated rings. The van der Waals surface area contributed by atoms with Crippen LogP contribution in [0.5, 0.6) is 0 Å². The molecule has 156 valence electrons. The van der Waals surface area contributed by atoms with Crippen molar-refractivity contribution in [2.45, 2.75) is 13.0 Å². The van der Waals surface area contributed by atoms with Crippen molar-refractivity contribution < 1.29 is 9.18 Å². The maximum absolute atomic E-state index is 13.9. The van der Waals surface area contributed by atoms with E-state index in [0.717, 1.165) is 39.1 Å². The lowest BCUT2D eigenvalue weighted by atomic mass is 10.1. The Balaban J connectivity index is 1.36. The summed E-state index contributed by atoms with van der Waals surface area (Å²) in [5, 5.41) is 4.18. The molecule has 0 bridgehead atoms. The van der Waals surface area contributed by atoms with E-state index in [-0.39, 0.29) is 11.7 Å². The van der Waals surface area contributed by atoms with Crippen LogP contribution >= 0.6 is 34.8 Å². The molecule has 2 aromatic carbocycles. The summed E-state index contributed by atoms with van der Waals surface area (Å²) in [7, 11) is 0. The van der Waals surface area contributed by atoms with Gasteiger partial charge in [0.25, 0.3) is 5.91 Å². The number of nitrogens with zero attached hydrogens (tertiary/aromatic N) is 2. The predicted octanol–water partition coefficient (Wildman–Crippen LogP) is 4.72. The van der Waals surface area contributed by atoms with E-state index in [2.05, 4.69) is 15.1 Å². The SMILES string of the molecule is O=C(NCCCN1CCN(Cc2c(F)cccc2Cl)CC1)c1ccc(Cl)c(Cl)c1. The quantitative estimate of drug-likeness (QED) is 0.610. The Hall–Kier alpha value is -1.37. The first kappa shape index (κ1) is 22.3. The van der Waals surface area contributed by atoms with Gasteiger partial charge in [0.05, 0.1) is 10.0 Å². The summed E-state index contributed by atoms with van der Waals surface area (Å²) in [5.74, 6) is -0.409. The zero-order chi connectivity index (χ0) is 20.8. The van der Waals surface area contributed by atoms with Crippen LogP contribution in [0.3, 0.4) is 0 Å². The summed E-state index contributed by atoms with van der Waals surface area (Å²) >= 11 is 17.9. The maximum atomic E-state index is 13.9. The Labute approximate surface area is 185 Å². The standard InChI is InChI=1S/C21H23Cl3FN3O/c22-17-3-1-4-20(25)16(17)14-28-11-9-27(10-12-28)8-2-7-26-21(29)15-5-6-18(23)19(24)13-15/h1,3-6,13H,2,7-12,14H2,(H,26,29). The van der Waals surface area contributed by atoms with Gasteiger partial charge in [-0.25, -0.2) is 4.39 Å². The third-order valence-corrected chi connectivity index (χ3v) is 6.12. The Morgan fingerprint density at radius 3 is 2.38 bits per heavy atom. The van der Waals surface area contributed by atoms with E-state index in [1.165, 1.54) is 6.07 Å². The van der Waals surface area contributed by atoms with Crippen molar-refractivity contribution in [3.8, 4) is 0 Å². The first-order valence-electron chi connectivity index (χ1n) is 9.55. The number of piperazine rings is 1. The molecule has 0 radical (unpaired) electrons. The number of amides is 1. The van der Waals surface area contributed by atoms with Crippen molar-refractivity contribution in [1.82, 2.24) is 15.1 Å². The fraction of sp³-hybridized carbons (Fsp3) is 0.381. The van der Waals surface area contributed by atoms with E-state index in [4.69, 9.17) is 34.8 Å². The zero-order valence-corrected chi connectivity index (χ0v) is 18.2. The highest BCUT2D eigenvalue weighted by atomic mass is 35.5. The van der Waals surface area contributed by atoms with Crippen molar-refractivity contribution in [2.24, 2.45) is 0 Å². The molecule has 0 spiro atoms. The smallest absolute Gasteiger partial charge is 0.251 e. The number of carbonyl (C=O) groups excluding carboxylic acids is 1. The predicted molar refractivity (Wildman–Crippen MR) is 117 cm³/mol. The lowest BCUT2D eigenvalue weighted by molar-refractivity contribution is 0.0947. The first-order chi connectivity index (χ1) is 13.9. The summed E-state index contributed by atoms with van der Waals surface area (Å²) in [4.78, 5) is 16.7. The van der Waals surface area contributed by atoms with Gasteiger partial charge in [0.2, 0.25) is 0 Å². The summed E-state index contributed by atoms with van der Waals surface area (Å²) in [6.45, 7) is 5.55. The fourth-order valence-electron chi connectivity index (χ4n) is 3.32. The van der Waals surface area contributed by atoms with Gasteiger partial charge in [0, 0.05) is 55.4 Å². The maximum Gasteiger partial charge on any atom is 0.251 e. The lowest BCUT2D eigenvalue weighted by Gasteiger charge is -2.34. The topological polar surface area (TPSA) is 35.6 Å². The fourth-order valence-corrected chi connectivity index (χ4v) is 3.84. The minimum Gasteiger partial charge on any atom is -0.352 e. The van der Waals surface area contributed by atoms with Crippen molar-refractivity contribution in [3.05, 3.63) is 68.4 Å². The minimum absolute atomic E-state index is 0.157. The van der Waals surface area contributed by atoms with Gasteiger partial charge in [-0.2, -0.15) is 0 Å². The zero-order valence-electron chi connectivity index (χ0n) is 15.9. The molecule has 1 aliphatic heterocycles. The van der Waals surface area contributed by atoms with E-state index >= 15 is 0 Å². The molecule has 0 atom stereocenters. The second-order valence-corrected chi connectivity index (χ2v) is 8.28. The normalized spacial score (nSPS) is 15.4. The molecule has 4 nitrogen and oxygen atoms in total. The molecule has 1 aliphatic rings. The molecule has 1 amide bonds. The number of carbonyl (C=O) groups is 1. The molecule has 0 aliphatic carbocycles. The Kier molecular flexibility index (Phi) is 8.16. The van der Waals surface area contributed by atoms with Gasteiger partial charge in [0.1, 0.15) is 5.82 Å². The number of benzene rings is 2. The number of hydrogen-bond donors (Lipinski definition) is 1. The molecule has 1 N–H and O–H groups in total. The van der Waals surface area contributed by atoms with Gasteiger partial charge in [0.15, 0.2) is 0 Å². The molecule has 29 heavy (non-hydrogen) atoms. The third-order valence-electron chi connectivity index (χ3n) is 5.03. The Morgan fingerprint density at radius 1 is 0.966 bits per heavy atom. The third kappa shape index (κ3) is 6.30. The van der Waals surface area contributed by atoms with Gasteiger partial charge in [-0.05, 0) is 43.3 Å².